The number of hydrogen-bond donors (Lipinski definition) is 0. The molecule has 146 valence electrons. The molecule has 4 saturated heterocycles. The summed E-state index contributed by atoms with van der Waals surface area (Å²) < 4.78 is 0. The van der Waals surface area contributed by atoms with Gasteiger partial charge in [-0.15, -0.1) is 0 Å². The molecule has 0 N–H and O–H groups in total. The third-order valence-electron chi connectivity index (χ3n) is 7.42. The standard InChI is InChI=1S/C23H33N3O/c27-23(20-7-10-21(11-8-20)24-12-1-2-13-24)26-16-19-6-9-22(17-26)25(15-19)14-18-4-3-5-18/h7-8,10-11,18-19,22H,1-6,9,12-17H2. The number of amides is 1. The number of piperidine rings is 1. The molecular weight excluding hydrogens is 334 g/mol. The lowest BCUT2D eigenvalue weighted by Crippen LogP contribution is -2.47. The summed E-state index contributed by atoms with van der Waals surface area (Å²) in [6.45, 7) is 6.66. The van der Waals surface area contributed by atoms with Gasteiger partial charge in [-0.1, -0.05) is 6.42 Å². The minimum Gasteiger partial charge on any atom is -0.372 e. The smallest absolute Gasteiger partial charge is 0.253 e. The van der Waals surface area contributed by atoms with Gasteiger partial charge in [-0.05, 0) is 74.6 Å². The summed E-state index contributed by atoms with van der Waals surface area (Å²) in [5, 5.41) is 0. The summed E-state index contributed by atoms with van der Waals surface area (Å²) in [7, 11) is 0. The second-order valence-electron chi connectivity index (χ2n) is 9.30. The molecule has 1 aromatic rings. The highest BCUT2D eigenvalue weighted by atomic mass is 16.2. The molecule has 2 bridgehead atoms. The van der Waals surface area contributed by atoms with E-state index in [1.807, 2.05) is 0 Å². The number of benzene rings is 1. The predicted octanol–water partition coefficient (Wildman–Crippen LogP) is 3.62. The highest BCUT2D eigenvalue weighted by molar-refractivity contribution is 5.94. The summed E-state index contributed by atoms with van der Waals surface area (Å²) in [5.74, 6) is 1.83. The van der Waals surface area contributed by atoms with E-state index >= 15 is 0 Å². The molecular formula is C23H33N3O. The predicted molar refractivity (Wildman–Crippen MR) is 109 cm³/mol. The van der Waals surface area contributed by atoms with Gasteiger partial charge in [0, 0.05) is 56.6 Å². The first-order valence-electron chi connectivity index (χ1n) is 11.1. The van der Waals surface area contributed by atoms with Crippen molar-refractivity contribution in [2.24, 2.45) is 11.8 Å². The van der Waals surface area contributed by atoms with Crippen LogP contribution in [0.2, 0.25) is 0 Å². The van der Waals surface area contributed by atoms with Gasteiger partial charge in [0.2, 0.25) is 0 Å². The first-order chi connectivity index (χ1) is 13.3. The Kier molecular flexibility index (Phi) is 4.85. The number of hydrogen-bond acceptors (Lipinski definition) is 3. The quantitative estimate of drug-likeness (QED) is 0.813. The minimum absolute atomic E-state index is 0.241. The fourth-order valence-corrected chi connectivity index (χ4v) is 5.55. The maximum absolute atomic E-state index is 13.2. The summed E-state index contributed by atoms with van der Waals surface area (Å²) in [4.78, 5) is 20.5. The molecule has 1 amide bonds. The van der Waals surface area contributed by atoms with Crippen LogP contribution < -0.4 is 4.90 Å². The highest BCUT2D eigenvalue weighted by Crippen LogP contribution is 2.33. The van der Waals surface area contributed by atoms with Crippen LogP contribution in [0, 0.1) is 11.8 Å². The molecule has 5 aliphatic rings. The fourth-order valence-electron chi connectivity index (χ4n) is 5.55. The third kappa shape index (κ3) is 3.61. The van der Waals surface area contributed by atoms with Crippen LogP contribution in [-0.2, 0) is 0 Å². The summed E-state index contributed by atoms with van der Waals surface area (Å²) in [5.41, 5.74) is 2.14. The van der Waals surface area contributed by atoms with E-state index in [-0.39, 0.29) is 5.91 Å². The lowest BCUT2D eigenvalue weighted by molar-refractivity contribution is 0.0717. The van der Waals surface area contributed by atoms with Crippen LogP contribution in [0.15, 0.2) is 24.3 Å². The summed E-state index contributed by atoms with van der Waals surface area (Å²) in [6, 6.07) is 8.98. The normalized spacial score (nSPS) is 29.0. The van der Waals surface area contributed by atoms with Crippen LogP contribution in [-0.4, -0.2) is 61.0 Å². The van der Waals surface area contributed by atoms with Gasteiger partial charge < -0.3 is 9.80 Å². The zero-order chi connectivity index (χ0) is 18.2. The molecule has 0 radical (unpaired) electrons. The minimum atomic E-state index is 0.241. The van der Waals surface area contributed by atoms with Crippen LogP contribution in [0.5, 0.6) is 0 Å². The molecule has 27 heavy (non-hydrogen) atoms. The second kappa shape index (κ2) is 7.46. The van der Waals surface area contributed by atoms with Gasteiger partial charge in [0.15, 0.2) is 0 Å². The van der Waals surface area contributed by atoms with E-state index in [1.54, 1.807) is 0 Å². The van der Waals surface area contributed by atoms with Crippen molar-refractivity contribution in [3.05, 3.63) is 29.8 Å². The molecule has 4 heteroatoms. The highest BCUT2D eigenvalue weighted by Gasteiger charge is 2.37. The Labute approximate surface area is 163 Å². The molecule has 4 nitrogen and oxygen atoms in total. The Balaban J connectivity index is 1.26. The summed E-state index contributed by atoms with van der Waals surface area (Å²) in [6.07, 6.45) is 9.40. The molecule has 1 saturated carbocycles. The van der Waals surface area contributed by atoms with Crippen molar-refractivity contribution in [3.8, 4) is 0 Å². The third-order valence-corrected chi connectivity index (χ3v) is 7.42. The second-order valence-corrected chi connectivity index (χ2v) is 9.30. The Morgan fingerprint density at radius 1 is 0.889 bits per heavy atom. The number of nitrogens with zero attached hydrogens (tertiary/aromatic N) is 3. The van der Waals surface area contributed by atoms with E-state index in [0.29, 0.717) is 12.0 Å². The van der Waals surface area contributed by atoms with Crippen LogP contribution in [0.25, 0.3) is 0 Å². The van der Waals surface area contributed by atoms with Crippen molar-refractivity contribution >= 4 is 11.6 Å². The zero-order valence-corrected chi connectivity index (χ0v) is 16.5. The molecule has 4 heterocycles. The van der Waals surface area contributed by atoms with Gasteiger partial charge in [-0.3, -0.25) is 9.69 Å². The zero-order valence-electron chi connectivity index (χ0n) is 16.5. The van der Waals surface area contributed by atoms with E-state index in [4.69, 9.17) is 0 Å². The Bertz CT molecular complexity index is 663. The van der Waals surface area contributed by atoms with Gasteiger partial charge in [0.1, 0.15) is 0 Å². The van der Waals surface area contributed by atoms with Gasteiger partial charge in [0.25, 0.3) is 5.91 Å². The molecule has 2 atom stereocenters. The van der Waals surface area contributed by atoms with Gasteiger partial charge >= 0.3 is 0 Å². The van der Waals surface area contributed by atoms with Crippen LogP contribution in [0.1, 0.15) is 55.3 Å². The molecule has 5 fully saturated rings. The maximum atomic E-state index is 13.2. The van der Waals surface area contributed by atoms with Crippen molar-refractivity contribution in [1.29, 1.82) is 0 Å². The Morgan fingerprint density at radius 2 is 1.67 bits per heavy atom. The SMILES string of the molecule is O=C(c1ccc(N2CCCC2)cc1)N1CC2CCC(C1)N(CC1CCC1)C2. The van der Waals surface area contributed by atoms with Crippen molar-refractivity contribution in [2.45, 2.75) is 51.0 Å². The fraction of sp³-hybridized carbons (Fsp3) is 0.696. The average Bonchev–Trinajstić information content (AvgIpc) is 3.05. The number of rotatable bonds is 4. The molecule has 0 aromatic heterocycles. The largest absolute Gasteiger partial charge is 0.372 e. The number of anilines is 1. The van der Waals surface area contributed by atoms with Gasteiger partial charge in [0.05, 0.1) is 0 Å². The van der Waals surface area contributed by atoms with Crippen LogP contribution in [0.4, 0.5) is 5.69 Å². The number of carbonyl (C=O) groups is 1. The van der Waals surface area contributed by atoms with E-state index in [1.165, 1.54) is 63.7 Å². The van der Waals surface area contributed by atoms with E-state index in [0.717, 1.165) is 37.7 Å². The van der Waals surface area contributed by atoms with Crippen molar-refractivity contribution in [3.63, 3.8) is 0 Å². The number of fused-ring (bicyclic) bond motifs is 4. The van der Waals surface area contributed by atoms with E-state index in [2.05, 4.69) is 39.0 Å². The lowest BCUT2D eigenvalue weighted by Gasteiger charge is -2.40. The van der Waals surface area contributed by atoms with Crippen molar-refractivity contribution in [1.82, 2.24) is 9.80 Å². The van der Waals surface area contributed by atoms with Crippen molar-refractivity contribution < 1.29 is 4.79 Å². The van der Waals surface area contributed by atoms with E-state index < -0.39 is 0 Å². The maximum Gasteiger partial charge on any atom is 0.253 e. The first-order valence-corrected chi connectivity index (χ1v) is 11.1. The lowest BCUT2D eigenvalue weighted by atomic mass is 9.83. The molecule has 4 aliphatic heterocycles. The molecule has 2 unspecified atom stereocenters. The average molecular weight is 368 g/mol. The van der Waals surface area contributed by atoms with Crippen LogP contribution in [0.3, 0.4) is 0 Å². The monoisotopic (exact) mass is 367 g/mol. The summed E-state index contributed by atoms with van der Waals surface area (Å²) >= 11 is 0. The topological polar surface area (TPSA) is 26.8 Å². The molecule has 1 aliphatic carbocycles. The van der Waals surface area contributed by atoms with Crippen LogP contribution >= 0.6 is 0 Å². The van der Waals surface area contributed by atoms with E-state index in [9.17, 15) is 4.79 Å². The Hall–Kier alpha value is -1.55. The molecule has 0 spiro atoms. The molecule has 6 rings (SSSR count). The number of carbonyl (C=O) groups excluding carboxylic acids is 1. The molecule has 1 aromatic carbocycles. The van der Waals surface area contributed by atoms with Gasteiger partial charge in [-0.25, -0.2) is 0 Å². The van der Waals surface area contributed by atoms with Crippen molar-refractivity contribution in [2.75, 3.05) is 44.2 Å². The Morgan fingerprint density at radius 3 is 2.37 bits per heavy atom. The van der Waals surface area contributed by atoms with Gasteiger partial charge in [-0.2, -0.15) is 0 Å². The first kappa shape index (κ1) is 17.5.